The van der Waals surface area contributed by atoms with E-state index >= 15 is 0 Å². The summed E-state index contributed by atoms with van der Waals surface area (Å²) in [4.78, 5) is 26.1. The molecule has 0 radical (unpaired) electrons. The highest BCUT2D eigenvalue weighted by Gasteiger charge is 2.12. The molecule has 0 saturated carbocycles. The number of nitrogens with zero attached hydrogens (tertiary/aromatic N) is 3. The lowest BCUT2D eigenvalue weighted by Crippen LogP contribution is -2.22. The maximum Gasteiger partial charge on any atom is 0.272 e. The Morgan fingerprint density at radius 2 is 2.22 bits per heavy atom. The number of fused-ring (bicyclic) bond motifs is 1. The van der Waals surface area contributed by atoms with Crippen molar-refractivity contribution < 1.29 is 14.1 Å². The number of benzene rings is 1. The van der Waals surface area contributed by atoms with Gasteiger partial charge in [-0.1, -0.05) is 0 Å². The van der Waals surface area contributed by atoms with E-state index in [2.05, 4.69) is 4.98 Å². The van der Waals surface area contributed by atoms with Gasteiger partial charge in [-0.3, -0.25) is 19.5 Å². The van der Waals surface area contributed by atoms with Gasteiger partial charge in [0, 0.05) is 6.07 Å². The Balaban J connectivity index is 1.70. The molecule has 0 aliphatic rings. The smallest absolute Gasteiger partial charge is 0.272 e. The lowest BCUT2D eigenvalue weighted by Gasteiger charge is -2.08. The Labute approximate surface area is 132 Å². The highest BCUT2D eigenvalue weighted by Crippen LogP contribution is 2.22. The number of hydrogen-bond acceptors (Lipinski definition) is 6. The summed E-state index contributed by atoms with van der Waals surface area (Å²) in [6.45, 7) is 0.225. The number of ether oxygens (including phenoxy) is 1. The zero-order valence-corrected chi connectivity index (χ0v) is 12.5. The zero-order chi connectivity index (χ0) is 16.4. The van der Waals surface area contributed by atoms with Crippen molar-refractivity contribution in [2.75, 3.05) is 6.61 Å². The SMILES string of the molecule is O=c1c2sccc2ncn1CCOc1ccc([N+](=O)[O-])cc1F. The van der Waals surface area contributed by atoms with E-state index in [1.165, 1.54) is 28.3 Å². The van der Waals surface area contributed by atoms with Gasteiger partial charge in [-0.25, -0.2) is 9.37 Å². The van der Waals surface area contributed by atoms with Crippen molar-refractivity contribution in [1.29, 1.82) is 0 Å². The minimum absolute atomic E-state index is 0.0349. The first-order chi connectivity index (χ1) is 11.1. The molecule has 0 amide bonds. The van der Waals surface area contributed by atoms with Crippen LogP contribution in [0.5, 0.6) is 5.75 Å². The van der Waals surface area contributed by atoms with E-state index in [0.717, 1.165) is 12.1 Å². The molecule has 0 aliphatic carbocycles. The molecule has 7 nitrogen and oxygen atoms in total. The summed E-state index contributed by atoms with van der Waals surface area (Å²) in [7, 11) is 0. The summed E-state index contributed by atoms with van der Waals surface area (Å²) in [5.41, 5.74) is 0.106. The van der Waals surface area contributed by atoms with Crippen LogP contribution >= 0.6 is 11.3 Å². The third kappa shape index (κ3) is 3.04. The van der Waals surface area contributed by atoms with Crippen LogP contribution in [0.15, 0.2) is 40.8 Å². The fourth-order valence-electron chi connectivity index (χ4n) is 2.01. The van der Waals surface area contributed by atoms with Crippen molar-refractivity contribution in [2.24, 2.45) is 0 Å². The van der Waals surface area contributed by atoms with Gasteiger partial charge in [0.25, 0.3) is 11.2 Å². The molecule has 9 heteroatoms. The standard InChI is InChI=1S/C14H10FN3O4S/c15-10-7-9(18(20)21)1-2-12(10)22-5-4-17-8-16-11-3-6-23-13(11)14(17)19/h1-3,6-8H,4-5H2. The molecule has 2 heterocycles. The molecule has 0 unspecified atom stereocenters. The molecule has 118 valence electrons. The van der Waals surface area contributed by atoms with Gasteiger partial charge in [0.2, 0.25) is 0 Å². The molecule has 0 aliphatic heterocycles. The second-order valence-corrected chi connectivity index (χ2v) is 5.51. The molecule has 2 aromatic heterocycles. The molecular weight excluding hydrogens is 325 g/mol. The molecule has 0 fully saturated rings. The van der Waals surface area contributed by atoms with Crippen molar-refractivity contribution in [3.63, 3.8) is 0 Å². The van der Waals surface area contributed by atoms with Crippen LogP contribution < -0.4 is 10.3 Å². The Bertz CT molecular complexity index is 937. The first-order valence-electron chi connectivity index (χ1n) is 6.55. The normalized spacial score (nSPS) is 10.8. The van der Waals surface area contributed by atoms with Gasteiger partial charge >= 0.3 is 0 Å². The van der Waals surface area contributed by atoms with E-state index in [0.29, 0.717) is 10.2 Å². The monoisotopic (exact) mass is 335 g/mol. The number of aromatic nitrogens is 2. The average molecular weight is 335 g/mol. The van der Waals surface area contributed by atoms with Crippen LogP contribution in [-0.2, 0) is 6.54 Å². The molecule has 0 atom stereocenters. The summed E-state index contributed by atoms with van der Waals surface area (Å²) >= 11 is 1.30. The van der Waals surface area contributed by atoms with E-state index in [1.807, 2.05) is 0 Å². The van der Waals surface area contributed by atoms with E-state index in [9.17, 15) is 19.3 Å². The first kappa shape index (κ1) is 15.1. The van der Waals surface area contributed by atoms with Crippen LogP contribution in [-0.4, -0.2) is 21.1 Å². The second kappa shape index (κ2) is 6.13. The number of non-ortho nitro benzene ring substituents is 1. The summed E-state index contributed by atoms with van der Waals surface area (Å²) in [6.07, 6.45) is 1.41. The lowest BCUT2D eigenvalue weighted by molar-refractivity contribution is -0.385. The molecule has 1 aromatic carbocycles. The highest BCUT2D eigenvalue weighted by atomic mass is 32.1. The fraction of sp³-hybridized carbons (Fsp3) is 0.143. The molecule has 3 aromatic rings. The van der Waals surface area contributed by atoms with Crippen LogP contribution in [0.1, 0.15) is 0 Å². The Morgan fingerprint density at radius 1 is 1.39 bits per heavy atom. The maximum absolute atomic E-state index is 13.7. The number of halogens is 1. The third-order valence-corrected chi connectivity index (χ3v) is 4.04. The lowest BCUT2D eigenvalue weighted by atomic mass is 10.3. The predicted octanol–water partition coefficient (Wildman–Crippen LogP) is 2.58. The van der Waals surface area contributed by atoms with Gasteiger partial charge in [-0.05, 0) is 17.5 Å². The molecule has 0 N–H and O–H groups in total. The van der Waals surface area contributed by atoms with Crippen molar-refractivity contribution in [3.05, 3.63) is 62.3 Å². The summed E-state index contributed by atoms with van der Waals surface area (Å²) in [5.74, 6) is -0.924. The molecule has 0 bridgehead atoms. The van der Waals surface area contributed by atoms with Crippen LogP contribution in [0, 0.1) is 15.9 Å². The zero-order valence-electron chi connectivity index (χ0n) is 11.6. The number of rotatable bonds is 5. The number of hydrogen-bond donors (Lipinski definition) is 0. The second-order valence-electron chi connectivity index (χ2n) is 4.60. The van der Waals surface area contributed by atoms with Crippen molar-refractivity contribution >= 4 is 27.2 Å². The average Bonchev–Trinajstić information content (AvgIpc) is 3.00. The molecule has 0 saturated heterocycles. The number of thiophene rings is 1. The van der Waals surface area contributed by atoms with Gasteiger partial charge in [0.15, 0.2) is 11.6 Å². The minimum Gasteiger partial charge on any atom is -0.489 e. The summed E-state index contributed by atoms with van der Waals surface area (Å²) < 4.78 is 20.8. The Hall–Kier alpha value is -2.81. The maximum atomic E-state index is 13.7. The highest BCUT2D eigenvalue weighted by molar-refractivity contribution is 7.17. The van der Waals surface area contributed by atoms with Gasteiger partial charge in [-0.2, -0.15) is 0 Å². The predicted molar refractivity (Wildman–Crippen MR) is 82.4 cm³/mol. The van der Waals surface area contributed by atoms with E-state index in [1.54, 1.807) is 11.4 Å². The van der Waals surface area contributed by atoms with E-state index in [-0.39, 0.29) is 30.1 Å². The van der Waals surface area contributed by atoms with E-state index < -0.39 is 10.7 Å². The Kier molecular flexibility index (Phi) is 4.02. The van der Waals surface area contributed by atoms with Gasteiger partial charge in [0.05, 0.1) is 29.4 Å². The minimum atomic E-state index is -0.821. The topological polar surface area (TPSA) is 87.3 Å². The largest absolute Gasteiger partial charge is 0.489 e. The van der Waals surface area contributed by atoms with Crippen LogP contribution in [0.3, 0.4) is 0 Å². The van der Waals surface area contributed by atoms with Gasteiger partial charge < -0.3 is 4.74 Å². The quantitative estimate of drug-likeness (QED) is 0.528. The number of nitro benzene ring substituents is 1. The van der Waals surface area contributed by atoms with Crippen LogP contribution in [0.25, 0.3) is 10.2 Å². The van der Waals surface area contributed by atoms with Crippen molar-refractivity contribution in [2.45, 2.75) is 6.54 Å². The molecule has 0 spiro atoms. The number of nitro groups is 1. The Morgan fingerprint density at radius 3 is 2.96 bits per heavy atom. The first-order valence-corrected chi connectivity index (χ1v) is 7.43. The molecular formula is C14H10FN3O4S. The molecule has 23 heavy (non-hydrogen) atoms. The van der Waals surface area contributed by atoms with Crippen LogP contribution in [0.4, 0.5) is 10.1 Å². The third-order valence-electron chi connectivity index (χ3n) is 3.15. The molecule has 3 rings (SSSR count). The van der Waals surface area contributed by atoms with Crippen LogP contribution in [0.2, 0.25) is 0 Å². The van der Waals surface area contributed by atoms with Gasteiger partial charge in [0.1, 0.15) is 11.3 Å². The summed E-state index contributed by atoms with van der Waals surface area (Å²) in [5, 5.41) is 12.3. The summed E-state index contributed by atoms with van der Waals surface area (Å²) in [6, 6.07) is 4.90. The van der Waals surface area contributed by atoms with Crippen molar-refractivity contribution in [3.8, 4) is 5.75 Å². The van der Waals surface area contributed by atoms with Crippen molar-refractivity contribution in [1.82, 2.24) is 9.55 Å². The van der Waals surface area contributed by atoms with E-state index in [4.69, 9.17) is 4.74 Å². The van der Waals surface area contributed by atoms with Gasteiger partial charge in [-0.15, -0.1) is 11.3 Å². The fourth-order valence-corrected chi connectivity index (χ4v) is 2.81.